The van der Waals surface area contributed by atoms with Crippen molar-refractivity contribution in [1.82, 2.24) is 0 Å². The highest BCUT2D eigenvalue weighted by molar-refractivity contribution is 4.39. The predicted molar refractivity (Wildman–Crippen MR) is 210 cm³/mol. The lowest BCUT2D eigenvalue weighted by Crippen LogP contribution is -1.70. The topological polar surface area (TPSA) is 31.5 Å². The van der Waals surface area contributed by atoms with Gasteiger partial charge in [0.25, 0.3) is 0 Å². The van der Waals surface area contributed by atoms with Crippen LogP contribution in [0.25, 0.3) is 0 Å². The first-order valence-corrected chi connectivity index (χ1v) is 20.5. The average molecular weight is 619 g/mol. The van der Waals surface area contributed by atoms with E-state index in [9.17, 15) is 0 Å². The average Bonchev–Trinajstić information content (AvgIpc) is 3.01. The van der Waals surface area contributed by atoms with Crippen LogP contribution < -0.4 is 0 Å². The van der Waals surface area contributed by atoms with Gasteiger partial charge in [-0.1, -0.05) is 276 Å². The molecule has 0 aliphatic heterocycles. The lowest BCUT2D eigenvalue weighted by atomic mass is 10.2. The van der Waals surface area contributed by atoms with Crippen LogP contribution in [0.4, 0.5) is 0 Å². The third-order valence-electron chi connectivity index (χ3n) is 7.24. The van der Waals surface area contributed by atoms with Crippen molar-refractivity contribution in [2.45, 2.75) is 276 Å². The number of hydrogen-bond acceptors (Lipinski definition) is 0. The standard InChI is InChI=1S/6C7H16.H2O/c6*1-3-5-7-6-4-2;/h6*3-7H2,1-2H3;1H2. The van der Waals surface area contributed by atoms with Crippen LogP contribution in [0, 0.1) is 0 Å². The molecule has 0 aromatic rings. The van der Waals surface area contributed by atoms with Crippen LogP contribution in [0.5, 0.6) is 0 Å². The fourth-order valence-corrected chi connectivity index (χ4v) is 4.06. The number of unbranched alkanes of at least 4 members (excludes halogenated alkanes) is 24. The smallest absolute Gasteiger partial charge is 0.0533 e. The molecule has 0 saturated heterocycles. The molecule has 0 saturated carbocycles. The second-order valence-corrected chi connectivity index (χ2v) is 12.4. The predicted octanol–water partition coefficient (Wildman–Crippen LogP) is 17.0. The fourth-order valence-electron chi connectivity index (χ4n) is 4.06. The van der Waals surface area contributed by atoms with Gasteiger partial charge < -0.3 is 5.48 Å². The lowest BCUT2D eigenvalue weighted by Gasteiger charge is -1.90. The molecular formula is C42H98O. The Labute approximate surface area is 280 Å². The Balaban J connectivity index is -0.0000000720. The highest BCUT2D eigenvalue weighted by Gasteiger charge is 1.83. The summed E-state index contributed by atoms with van der Waals surface area (Å²) in [6, 6.07) is 0. The molecule has 0 heterocycles. The van der Waals surface area contributed by atoms with Crippen molar-refractivity contribution in [2.75, 3.05) is 0 Å². The summed E-state index contributed by atoms with van der Waals surface area (Å²) in [7, 11) is 0. The van der Waals surface area contributed by atoms with E-state index in [-0.39, 0.29) is 5.48 Å². The second-order valence-electron chi connectivity index (χ2n) is 12.4. The van der Waals surface area contributed by atoms with E-state index in [4.69, 9.17) is 0 Å². The van der Waals surface area contributed by atoms with Gasteiger partial charge in [0, 0.05) is 0 Å². The molecule has 0 aliphatic rings. The first-order chi connectivity index (χ1) is 20.5. The van der Waals surface area contributed by atoms with E-state index >= 15 is 0 Å². The molecule has 0 rings (SSSR count). The molecule has 1 nitrogen and oxygen atoms in total. The Kier molecular flexibility index (Phi) is 107. The minimum atomic E-state index is 0. The maximum atomic E-state index is 2.25. The fraction of sp³-hybridized carbons (Fsp3) is 1.00. The van der Waals surface area contributed by atoms with E-state index in [1.165, 1.54) is 193 Å². The normalized spacial score (nSPS) is 9.21. The Morgan fingerprint density at radius 3 is 0.256 bits per heavy atom. The molecule has 272 valence electrons. The maximum Gasteiger partial charge on any atom is -0.0533 e. The molecule has 43 heavy (non-hydrogen) atoms. The van der Waals surface area contributed by atoms with Crippen molar-refractivity contribution < 1.29 is 5.48 Å². The second kappa shape index (κ2) is 78.4. The quantitative estimate of drug-likeness (QED) is 0.0964. The minimum Gasteiger partial charge on any atom is -0.412 e. The summed E-state index contributed by atoms with van der Waals surface area (Å²) < 4.78 is 0. The minimum absolute atomic E-state index is 0. The number of hydrogen-bond donors (Lipinski definition) is 0. The lowest BCUT2D eigenvalue weighted by molar-refractivity contribution is 0.656. The molecule has 1 heteroatoms. The molecule has 0 radical (unpaired) electrons. The van der Waals surface area contributed by atoms with E-state index in [0.717, 1.165) is 0 Å². The van der Waals surface area contributed by atoms with Crippen molar-refractivity contribution >= 4 is 0 Å². The largest absolute Gasteiger partial charge is 0.412 e. The molecule has 0 fully saturated rings. The first-order valence-electron chi connectivity index (χ1n) is 20.5. The van der Waals surface area contributed by atoms with Gasteiger partial charge in [0.05, 0.1) is 0 Å². The number of rotatable bonds is 24. The Morgan fingerprint density at radius 1 is 0.140 bits per heavy atom. The highest BCUT2D eigenvalue weighted by Crippen LogP contribution is 2.03. The summed E-state index contributed by atoms with van der Waals surface area (Å²) in [6.07, 6.45) is 42.1. The molecule has 0 aliphatic carbocycles. The molecule has 0 spiro atoms. The molecule has 0 unspecified atom stereocenters. The van der Waals surface area contributed by atoms with E-state index in [1.54, 1.807) is 0 Å². The molecule has 0 aromatic carbocycles. The van der Waals surface area contributed by atoms with Gasteiger partial charge in [-0.05, 0) is 0 Å². The van der Waals surface area contributed by atoms with E-state index in [1.807, 2.05) is 0 Å². The van der Waals surface area contributed by atoms with Crippen LogP contribution in [-0.2, 0) is 0 Å². The molecule has 0 amide bonds. The Morgan fingerprint density at radius 2 is 0.209 bits per heavy atom. The van der Waals surface area contributed by atoms with Gasteiger partial charge in [0.1, 0.15) is 0 Å². The molecule has 2 N–H and O–H groups in total. The van der Waals surface area contributed by atoms with E-state index in [0.29, 0.717) is 0 Å². The molecule has 0 bridgehead atoms. The van der Waals surface area contributed by atoms with E-state index < -0.39 is 0 Å². The Bertz CT molecular complexity index is 200. The zero-order valence-electron chi connectivity index (χ0n) is 33.7. The van der Waals surface area contributed by atoms with Crippen LogP contribution in [0.2, 0.25) is 0 Å². The van der Waals surface area contributed by atoms with Crippen molar-refractivity contribution in [2.24, 2.45) is 0 Å². The van der Waals surface area contributed by atoms with Crippen LogP contribution >= 0.6 is 0 Å². The summed E-state index contributed by atoms with van der Waals surface area (Å²) in [5.74, 6) is 0. The summed E-state index contributed by atoms with van der Waals surface area (Å²) in [5.41, 5.74) is 0. The zero-order chi connectivity index (χ0) is 33.2. The summed E-state index contributed by atoms with van der Waals surface area (Å²) in [4.78, 5) is 0. The van der Waals surface area contributed by atoms with Crippen LogP contribution in [0.15, 0.2) is 0 Å². The monoisotopic (exact) mass is 619 g/mol. The van der Waals surface area contributed by atoms with Crippen molar-refractivity contribution in [3.8, 4) is 0 Å². The van der Waals surface area contributed by atoms with E-state index in [2.05, 4.69) is 83.1 Å². The van der Waals surface area contributed by atoms with Crippen molar-refractivity contribution in [1.29, 1.82) is 0 Å². The zero-order valence-corrected chi connectivity index (χ0v) is 33.7. The molecule has 0 atom stereocenters. The SMILES string of the molecule is CCCCCCC.CCCCCCC.CCCCCCC.CCCCCCC.CCCCCCC.CCCCCCC.O. The highest BCUT2D eigenvalue weighted by atomic mass is 16.0. The van der Waals surface area contributed by atoms with Gasteiger partial charge in [-0.15, -0.1) is 0 Å². The van der Waals surface area contributed by atoms with Gasteiger partial charge in [0.15, 0.2) is 0 Å². The van der Waals surface area contributed by atoms with Gasteiger partial charge >= 0.3 is 0 Å². The van der Waals surface area contributed by atoms with Crippen LogP contribution in [-0.4, -0.2) is 5.48 Å². The van der Waals surface area contributed by atoms with Crippen LogP contribution in [0.1, 0.15) is 276 Å². The molecule has 0 aromatic heterocycles. The third kappa shape index (κ3) is 117. The third-order valence-corrected chi connectivity index (χ3v) is 7.24. The van der Waals surface area contributed by atoms with Crippen molar-refractivity contribution in [3.63, 3.8) is 0 Å². The van der Waals surface area contributed by atoms with Crippen LogP contribution in [0.3, 0.4) is 0 Å². The van der Waals surface area contributed by atoms with Gasteiger partial charge in [-0.2, -0.15) is 0 Å². The Hall–Kier alpha value is -0.0400. The van der Waals surface area contributed by atoms with Crippen molar-refractivity contribution in [3.05, 3.63) is 0 Å². The molecular weight excluding hydrogens is 520 g/mol. The maximum absolute atomic E-state index is 2.25. The van der Waals surface area contributed by atoms with Gasteiger partial charge in [0.2, 0.25) is 0 Å². The summed E-state index contributed by atoms with van der Waals surface area (Å²) >= 11 is 0. The summed E-state index contributed by atoms with van der Waals surface area (Å²) in [6.45, 7) is 26.9. The van der Waals surface area contributed by atoms with Gasteiger partial charge in [-0.25, -0.2) is 0 Å². The summed E-state index contributed by atoms with van der Waals surface area (Å²) in [5, 5.41) is 0. The first kappa shape index (κ1) is 58.5. The van der Waals surface area contributed by atoms with Gasteiger partial charge in [-0.3, -0.25) is 0 Å².